The summed E-state index contributed by atoms with van der Waals surface area (Å²) in [5.41, 5.74) is 5.26. The molecule has 0 spiro atoms. The van der Waals surface area contributed by atoms with Crippen molar-refractivity contribution in [3.8, 4) is 6.07 Å². The van der Waals surface area contributed by atoms with E-state index in [1.165, 1.54) is 14.0 Å². The number of carboxylic acid groups (broad SMARTS) is 1. The predicted octanol–water partition coefficient (Wildman–Crippen LogP) is 2.38. The molecule has 2 aromatic carbocycles. The van der Waals surface area contributed by atoms with E-state index in [4.69, 9.17) is 10.00 Å². The summed E-state index contributed by atoms with van der Waals surface area (Å²) >= 11 is 3.41. The lowest BCUT2D eigenvalue weighted by atomic mass is 9.98. The van der Waals surface area contributed by atoms with Crippen molar-refractivity contribution < 1.29 is 87.9 Å². The summed E-state index contributed by atoms with van der Waals surface area (Å²) in [6.45, 7) is 8.17. The fourth-order valence-electron chi connectivity index (χ4n) is 8.03. The van der Waals surface area contributed by atoms with Gasteiger partial charge in [-0.2, -0.15) is 31.6 Å². The van der Waals surface area contributed by atoms with Crippen LogP contribution in [-0.4, -0.2) is 142 Å². The zero-order valence-corrected chi connectivity index (χ0v) is 44.6. The van der Waals surface area contributed by atoms with Crippen LogP contribution in [0.2, 0.25) is 0 Å². The number of esters is 1. The topological polar surface area (TPSA) is 239 Å². The number of nitrogens with zero attached hydrogens (tertiary/aromatic N) is 5. The van der Waals surface area contributed by atoms with Crippen LogP contribution >= 0.6 is 15.9 Å². The van der Waals surface area contributed by atoms with Crippen molar-refractivity contribution in [3.63, 3.8) is 0 Å². The Bertz CT molecular complexity index is 2470. The number of carbonyl (C=O) groups is 7. The number of carboxylic acids is 1. The molecule has 1 heterocycles. The number of nitrogens with one attached hydrogen (secondary N) is 2. The Morgan fingerprint density at radius 2 is 1.30 bits per heavy atom. The molecule has 3 rings (SSSR count). The summed E-state index contributed by atoms with van der Waals surface area (Å²) in [6.07, 6.45) is -14.9. The van der Waals surface area contributed by atoms with Gasteiger partial charge in [0.25, 0.3) is 5.91 Å². The minimum Gasteiger partial charge on any atom is -1.00 e. The van der Waals surface area contributed by atoms with Crippen LogP contribution in [0.5, 0.6) is 0 Å². The van der Waals surface area contributed by atoms with Gasteiger partial charge >= 0.3 is 24.3 Å². The number of benzene rings is 2. The summed E-state index contributed by atoms with van der Waals surface area (Å²) in [6, 6.07) is 5.53. The van der Waals surface area contributed by atoms with Gasteiger partial charge in [0.1, 0.15) is 36.6 Å². The number of hydrogen-bond donors (Lipinski definition) is 4. The molecular weight excluding hydrogens is 1070 g/mol. The zero-order chi connectivity index (χ0) is 55.3. The lowest BCUT2D eigenvalue weighted by Gasteiger charge is -2.35. The van der Waals surface area contributed by atoms with Gasteiger partial charge in [0, 0.05) is 68.5 Å². The number of amides is 5. The molecule has 0 saturated heterocycles. The van der Waals surface area contributed by atoms with Crippen molar-refractivity contribution in [2.45, 2.75) is 141 Å². The monoisotopic (exact) mass is 1140 g/mol. The first kappa shape index (κ1) is 64.2. The highest BCUT2D eigenvalue weighted by atomic mass is 79.9. The number of carbonyl (C=O) groups excluding carboxylic acids is 6. The minimum atomic E-state index is -5.13. The number of likely N-dealkylation sites (N-methyl/N-ethyl adjacent to an activating group) is 3. The van der Waals surface area contributed by atoms with Crippen LogP contribution in [0, 0.1) is 23.2 Å². The van der Waals surface area contributed by atoms with E-state index in [9.17, 15) is 65.0 Å². The molecule has 3 aromatic rings. The summed E-state index contributed by atoms with van der Waals surface area (Å²) in [7, 11) is 3.23. The number of ether oxygens (including phenoxy) is 1. The molecule has 410 valence electrons. The first-order valence-corrected chi connectivity index (χ1v) is 24.1. The standard InChI is InChI=1S/C49H63BrF6N8O9.ClH/c1-27(2)20-35(44(68)61(6)29(5)47(72)73-40(46(70)71)14-11-19-57)59-42(66)39(22-31-26-64(37-13-10-9-12-33(31)37)25-30-15-17-32(50)18-16-30)63(8)45(69)36(24-49(54,55)56)60-41(65)38(21-28(3)4)62(7)43(67)34(58)23-48(51,52)53;/h9-10,12-13,15-18,26-29,34-36,38-40H,11,14,20-25,58H2,1-8H3,(H,59,66)(H,60,65)(H,70,71);1H/t29-,34-,35-,36-,38-,39-,40+;/m0./s1. The Labute approximate surface area is 440 Å². The largest absolute Gasteiger partial charge is 1.00 e. The number of fused-ring (bicyclic) bond motifs is 1. The number of hydrogen-bond acceptors (Lipinski definition) is 9. The van der Waals surface area contributed by atoms with Crippen molar-refractivity contribution in [1.82, 2.24) is 29.9 Å². The lowest BCUT2D eigenvalue weighted by Crippen LogP contribution is -3.00. The molecule has 25 heteroatoms. The van der Waals surface area contributed by atoms with Crippen molar-refractivity contribution in [1.29, 1.82) is 5.26 Å². The fraction of sp³-hybridized carbons (Fsp3) is 0.551. The third-order valence-electron chi connectivity index (χ3n) is 12.0. The van der Waals surface area contributed by atoms with Gasteiger partial charge in [0.15, 0.2) is 12.1 Å². The van der Waals surface area contributed by atoms with E-state index in [0.29, 0.717) is 32.8 Å². The van der Waals surface area contributed by atoms with E-state index >= 15 is 0 Å². The lowest BCUT2D eigenvalue weighted by molar-refractivity contribution is -0.418. The van der Waals surface area contributed by atoms with Crippen LogP contribution in [0.4, 0.5) is 26.3 Å². The minimum absolute atomic E-state index is 0. The highest BCUT2D eigenvalue weighted by molar-refractivity contribution is 9.10. The van der Waals surface area contributed by atoms with Gasteiger partial charge < -0.3 is 57.9 Å². The van der Waals surface area contributed by atoms with Gasteiger partial charge in [0.2, 0.25) is 23.6 Å². The van der Waals surface area contributed by atoms with Crippen LogP contribution in [0.15, 0.2) is 59.2 Å². The Hall–Kier alpha value is -5.93. The van der Waals surface area contributed by atoms with E-state index in [1.807, 2.05) is 28.8 Å². The first-order valence-electron chi connectivity index (χ1n) is 23.3. The maximum absolute atomic E-state index is 14.9. The molecule has 0 aliphatic carbocycles. The Morgan fingerprint density at radius 1 is 0.770 bits per heavy atom. The number of halogens is 8. The van der Waals surface area contributed by atoms with Crippen LogP contribution in [0.3, 0.4) is 0 Å². The smallest absolute Gasteiger partial charge is 0.395 e. The summed E-state index contributed by atoms with van der Waals surface area (Å²) < 4.78 is 91.0. The molecule has 0 radical (unpaired) electrons. The third kappa shape index (κ3) is 19.1. The Balaban J connectivity index is 0.0000187. The van der Waals surface area contributed by atoms with Gasteiger partial charge in [-0.25, -0.2) is 9.59 Å². The predicted molar refractivity (Wildman–Crippen MR) is 257 cm³/mol. The van der Waals surface area contributed by atoms with Crippen molar-refractivity contribution in [2.75, 3.05) is 21.1 Å². The quantitative estimate of drug-likeness (QED) is 0.0714. The molecule has 17 nitrogen and oxygen atoms in total. The van der Waals surface area contributed by atoms with Gasteiger partial charge in [-0.3, -0.25) is 24.0 Å². The number of alkyl halides is 6. The van der Waals surface area contributed by atoms with Gasteiger partial charge in [-0.15, -0.1) is 0 Å². The molecule has 1 aromatic heterocycles. The normalized spacial score (nSPS) is 14.6. The highest BCUT2D eigenvalue weighted by Crippen LogP contribution is 2.28. The molecule has 0 unspecified atom stereocenters. The van der Waals surface area contributed by atoms with Gasteiger partial charge in [-0.1, -0.05) is 74.0 Å². The third-order valence-corrected chi connectivity index (χ3v) is 12.5. The molecule has 0 aliphatic rings. The van der Waals surface area contributed by atoms with Gasteiger partial charge in [-0.05, 0) is 60.9 Å². The van der Waals surface area contributed by atoms with E-state index in [-0.39, 0.29) is 50.4 Å². The number of para-hydroxylation sites is 1. The first-order chi connectivity index (χ1) is 33.8. The highest BCUT2D eigenvalue weighted by Gasteiger charge is 2.44. The van der Waals surface area contributed by atoms with Crippen LogP contribution in [0.25, 0.3) is 10.9 Å². The fourth-order valence-corrected chi connectivity index (χ4v) is 8.30. The summed E-state index contributed by atoms with van der Waals surface area (Å²) in [5.74, 6) is -9.32. The van der Waals surface area contributed by atoms with Crippen molar-refractivity contribution in [2.24, 2.45) is 11.8 Å². The maximum atomic E-state index is 14.9. The van der Waals surface area contributed by atoms with E-state index < -0.39 is 115 Å². The van der Waals surface area contributed by atoms with E-state index in [0.717, 1.165) is 29.0 Å². The van der Waals surface area contributed by atoms with Crippen molar-refractivity contribution >= 4 is 68.3 Å². The average Bonchev–Trinajstić information content (AvgIpc) is 3.64. The average molecular weight is 1140 g/mol. The zero-order valence-electron chi connectivity index (χ0n) is 42.2. The van der Waals surface area contributed by atoms with Crippen LogP contribution < -0.4 is 28.8 Å². The second kappa shape index (κ2) is 28.1. The van der Waals surface area contributed by atoms with Crippen LogP contribution in [-0.2, 0) is 51.3 Å². The molecule has 5 amide bonds. The second-order valence-corrected chi connectivity index (χ2v) is 19.8. The van der Waals surface area contributed by atoms with E-state index in [1.54, 1.807) is 64.2 Å². The molecule has 74 heavy (non-hydrogen) atoms. The molecular formula is C49H64BrClF6N8O9. The van der Waals surface area contributed by atoms with E-state index in [2.05, 4.69) is 32.3 Å². The molecule has 0 fully saturated rings. The molecule has 6 N–H and O–H groups in total. The molecule has 0 saturated carbocycles. The number of aliphatic carboxylic acids is 1. The molecule has 0 aliphatic heterocycles. The summed E-state index contributed by atoms with van der Waals surface area (Å²) in [5, 5.41) is 23.8. The molecule has 0 bridgehead atoms. The number of rotatable bonds is 25. The number of quaternary nitrogens is 1. The molecule has 7 atom stereocenters. The number of nitriles is 1. The van der Waals surface area contributed by atoms with Gasteiger partial charge in [0.05, 0.1) is 12.5 Å². The Morgan fingerprint density at radius 3 is 1.84 bits per heavy atom. The second-order valence-electron chi connectivity index (χ2n) is 18.9. The van der Waals surface area contributed by atoms with Crippen LogP contribution in [0.1, 0.15) is 84.3 Å². The number of aromatic nitrogens is 1. The SMILES string of the molecule is CC(C)C[C@H](NC(=O)[C@H](Cc1cn(Cc2ccc(Br)cc2)c2ccccc12)N(C)C(=O)[C@H](CC(F)(F)F)NC(=O)[C@H](CC(C)C)N(C)C(=O)[C@@H]([NH3+])CC(F)(F)F)C(=O)N(C)[C@@H](C)C(=O)O[C@H](CCC#N)C(=O)O.[Cl-]. The van der Waals surface area contributed by atoms with Crippen molar-refractivity contribution in [3.05, 3.63) is 70.3 Å². The summed E-state index contributed by atoms with van der Waals surface area (Å²) in [4.78, 5) is 98.1. The Kier molecular flexibility index (Phi) is 24.4. The maximum Gasteiger partial charge on any atom is 0.395 e.